The Balaban J connectivity index is 0. The van der Waals surface area contributed by atoms with Gasteiger partial charge in [-0.05, 0) is 0 Å². The summed E-state index contributed by atoms with van der Waals surface area (Å²) in [6, 6.07) is 0. The molecule has 56 valence electrons. The highest BCUT2D eigenvalue weighted by Crippen LogP contribution is 1.74. The molecule has 0 aliphatic carbocycles. The maximum Gasteiger partial charge on any atom is 0.305 e. The molecular formula is C5H13NO3. The molecule has 3 N–H and O–H groups in total. The minimum Gasteiger partial charge on any atom is -0.481 e. The fourth-order valence-electron chi connectivity index (χ4n) is 0.146. The van der Waals surface area contributed by atoms with Crippen LogP contribution in [0, 0.1) is 0 Å². The van der Waals surface area contributed by atoms with Gasteiger partial charge in [0.25, 0.3) is 0 Å². The van der Waals surface area contributed by atoms with Crippen LogP contribution in [0.25, 0.3) is 0 Å². The SMILES string of the molecule is CC.NOCCC(=O)O. The standard InChI is InChI=1S/C3H7NO3.C2H6/c4-7-2-1-3(5)6;1-2/h1-2,4H2,(H,5,6);1-2H3. The van der Waals surface area contributed by atoms with Crippen LogP contribution >= 0.6 is 0 Å². The average molecular weight is 135 g/mol. The molecule has 0 fully saturated rings. The zero-order chi connectivity index (χ0) is 7.70. The van der Waals surface area contributed by atoms with E-state index >= 15 is 0 Å². The van der Waals surface area contributed by atoms with E-state index in [2.05, 4.69) is 10.7 Å². The van der Waals surface area contributed by atoms with Gasteiger partial charge in [-0.25, -0.2) is 5.90 Å². The largest absolute Gasteiger partial charge is 0.481 e. The third-order valence-electron chi connectivity index (χ3n) is 0.434. The van der Waals surface area contributed by atoms with Crippen molar-refractivity contribution >= 4 is 5.97 Å². The molecule has 0 unspecified atom stereocenters. The Morgan fingerprint density at radius 3 is 2.22 bits per heavy atom. The first-order valence-electron chi connectivity index (χ1n) is 2.81. The van der Waals surface area contributed by atoms with Crippen LogP contribution in [-0.2, 0) is 9.63 Å². The number of hydrogen-bond donors (Lipinski definition) is 2. The van der Waals surface area contributed by atoms with E-state index in [0.29, 0.717) is 0 Å². The quantitative estimate of drug-likeness (QED) is 0.548. The van der Waals surface area contributed by atoms with Gasteiger partial charge in [-0.3, -0.25) is 4.79 Å². The molecule has 0 aromatic rings. The summed E-state index contributed by atoms with van der Waals surface area (Å²) in [4.78, 5) is 13.6. The van der Waals surface area contributed by atoms with Gasteiger partial charge in [0.1, 0.15) is 0 Å². The summed E-state index contributed by atoms with van der Waals surface area (Å²) >= 11 is 0. The zero-order valence-corrected chi connectivity index (χ0v) is 5.76. The van der Waals surface area contributed by atoms with Crippen LogP contribution in [0.3, 0.4) is 0 Å². The molecule has 9 heavy (non-hydrogen) atoms. The van der Waals surface area contributed by atoms with E-state index < -0.39 is 5.97 Å². The lowest BCUT2D eigenvalue weighted by Crippen LogP contribution is -2.05. The van der Waals surface area contributed by atoms with Crippen LogP contribution in [0.4, 0.5) is 0 Å². The first-order valence-corrected chi connectivity index (χ1v) is 2.81. The fourth-order valence-corrected chi connectivity index (χ4v) is 0.146. The molecule has 0 saturated carbocycles. The monoisotopic (exact) mass is 135 g/mol. The van der Waals surface area contributed by atoms with E-state index in [0.717, 1.165) is 0 Å². The van der Waals surface area contributed by atoms with Crippen molar-refractivity contribution in [1.82, 2.24) is 0 Å². The number of nitrogens with two attached hydrogens (primary N) is 1. The molecule has 0 saturated heterocycles. The molecule has 0 aromatic carbocycles. The topological polar surface area (TPSA) is 72.5 Å². The van der Waals surface area contributed by atoms with Crippen LogP contribution in [0.1, 0.15) is 20.3 Å². The molecule has 4 nitrogen and oxygen atoms in total. The van der Waals surface area contributed by atoms with Crippen molar-refractivity contribution in [3.63, 3.8) is 0 Å². The van der Waals surface area contributed by atoms with Gasteiger partial charge in [-0.1, -0.05) is 13.8 Å². The predicted molar refractivity (Wildman–Crippen MR) is 33.7 cm³/mol. The number of hydrogen-bond acceptors (Lipinski definition) is 3. The zero-order valence-electron chi connectivity index (χ0n) is 5.76. The van der Waals surface area contributed by atoms with E-state index in [9.17, 15) is 4.79 Å². The van der Waals surface area contributed by atoms with Crippen LogP contribution in [0.2, 0.25) is 0 Å². The number of rotatable bonds is 3. The summed E-state index contributed by atoms with van der Waals surface area (Å²) in [7, 11) is 0. The molecule has 0 radical (unpaired) electrons. The molecule has 0 heterocycles. The lowest BCUT2D eigenvalue weighted by atomic mass is 10.5. The van der Waals surface area contributed by atoms with Crippen molar-refractivity contribution in [2.45, 2.75) is 20.3 Å². The summed E-state index contributed by atoms with van der Waals surface area (Å²) in [5, 5.41) is 7.91. The first kappa shape index (κ1) is 11.2. The highest BCUT2D eigenvalue weighted by atomic mass is 16.6. The first-order chi connectivity index (χ1) is 4.27. The minimum atomic E-state index is -0.898. The summed E-state index contributed by atoms with van der Waals surface area (Å²) in [6.45, 7) is 4.08. The van der Waals surface area contributed by atoms with Crippen LogP contribution in [-0.4, -0.2) is 17.7 Å². The molecule has 0 bridgehead atoms. The second kappa shape index (κ2) is 10.4. The molecule has 0 amide bonds. The van der Waals surface area contributed by atoms with Gasteiger partial charge in [0, 0.05) is 0 Å². The van der Waals surface area contributed by atoms with E-state index in [1.807, 2.05) is 13.8 Å². The Hall–Kier alpha value is -0.610. The molecule has 0 rings (SSSR count). The van der Waals surface area contributed by atoms with Crippen molar-refractivity contribution in [3.05, 3.63) is 0 Å². The smallest absolute Gasteiger partial charge is 0.305 e. The molecule has 0 aliphatic rings. The summed E-state index contributed by atoms with van der Waals surface area (Å²) in [5.74, 6) is 3.62. The molecule has 0 aliphatic heterocycles. The van der Waals surface area contributed by atoms with Gasteiger partial charge in [0.05, 0.1) is 13.0 Å². The maximum absolute atomic E-state index is 9.62. The van der Waals surface area contributed by atoms with Crippen LogP contribution in [0.15, 0.2) is 0 Å². The van der Waals surface area contributed by atoms with Gasteiger partial charge in [-0.2, -0.15) is 0 Å². The average Bonchev–Trinajstić information content (AvgIpc) is 1.88. The lowest BCUT2D eigenvalue weighted by molar-refractivity contribution is -0.138. The normalized spacial score (nSPS) is 7.44. The van der Waals surface area contributed by atoms with Crippen molar-refractivity contribution < 1.29 is 14.7 Å². The van der Waals surface area contributed by atoms with Crippen molar-refractivity contribution in [3.8, 4) is 0 Å². The predicted octanol–water partition coefficient (Wildman–Crippen LogP) is 0.378. The Morgan fingerprint density at radius 1 is 1.67 bits per heavy atom. The molecule has 0 atom stereocenters. The second-order valence-electron chi connectivity index (χ2n) is 1.01. The third kappa shape index (κ3) is 18.7. The lowest BCUT2D eigenvalue weighted by Gasteiger charge is -1.88. The van der Waals surface area contributed by atoms with E-state index in [1.165, 1.54) is 0 Å². The third-order valence-corrected chi connectivity index (χ3v) is 0.434. The summed E-state index contributed by atoms with van der Waals surface area (Å²) in [6.07, 6.45) is -0.0312. The fraction of sp³-hybridized carbons (Fsp3) is 0.800. The second-order valence-corrected chi connectivity index (χ2v) is 1.01. The number of aliphatic carboxylic acids is 1. The van der Waals surface area contributed by atoms with Gasteiger partial charge in [0.15, 0.2) is 0 Å². The molecule has 4 heteroatoms. The van der Waals surface area contributed by atoms with E-state index in [4.69, 9.17) is 5.11 Å². The van der Waals surface area contributed by atoms with Gasteiger partial charge in [0.2, 0.25) is 0 Å². The van der Waals surface area contributed by atoms with Gasteiger partial charge in [-0.15, -0.1) is 0 Å². The molecule has 0 spiro atoms. The maximum atomic E-state index is 9.62. The van der Waals surface area contributed by atoms with Crippen molar-refractivity contribution in [2.75, 3.05) is 6.61 Å². The molecule has 0 aromatic heterocycles. The highest BCUT2D eigenvalue weighted by Gasteiger charge is 1.91. The number of carbonyl (C=O) groups is 1. The number of carboxylic acids is 1. The highest BCUT2D eigenvalue weighted by molar-refractivity contribution is 5.66. The summed E-state index contributed by atoms with van der Waals surface area (Å²) < 4.78 is 0. The Bertz CT molecular complexity index is 65.2. The van der Waals surface area contributed by atoms with Crippen LogP contribution < -0.4 is 5.90 Å². The Labute approximate surface area is 54.6 Å². The van der Waals surface area contributed by atoms with Gasteiger partial charge >= 0.3 is 5.97 Å². The van der Waals surface area contributed by atoms with E-state index in [-0.39, 0.29) is 13.0 Å². The number of carboxylic acid groups (broad SMARTS) is 1. The molecular weight excluding hydrogens is 122 g/mol. The van der Waals surface area contributed by atoms with Gasteiger partial charge < -0.3 is 9.94 Å². The minimum absolute atomic E-state index is 0.0312. The Kier molecular flexibility index (Phi) is 13.0. The van der Waals surface area contributed by atoms with Crippen molar-refractivity contribution in [1.29, 1.82) is 0 Å². The Morgan fingerprint density at radius 2 is 2.11 bits per heavy atom. The van der Waals surface area contributed by atoms with Crippen molar-refractivity contribution in [2.24, 2.45) is 5.90 Å². The van der Waals surface area contributed by atoms with Crippen LogP contribution in [0.5, 0.6) is 0 Å². The van der Waals surface area contributed by atoms with E-state index in [1.54, 1.807) is 0 Å². The summed E-state index contributed by atoms with van der Waals surface area (Å²) in [5.41, 5.74) is 0.